The van der Waals surface area contributed by atoms with E-state index >= 15 is 0 Å². The van der Waals surface area contributed by atoms with Gasteiger partial charge in [0.15, 0.2) is 0 Å². The third-order valence-corrected chi connectivity index (χ3v) is 4.17. The van der Waals surface area contributed by atoms with Crippen molar-refractivity contribution >= 4 is 11.3 Å². The minimum Gasteiger partial charge on any atom is -0.333 e. The molecule has 0 aromatic carbocycles. The first-order valence-corrected chi connectivity index (χ1v) is 6.90. The van der Waals surface area contributed by atoms with Gasteiger partial charge in [-0.3, -0.25) is 0 Å². The Morgan fingerprint density at radius 1 is 1.41 bits per heavy atom. The molecule has 2 atom stereocenters. The Hall–Kier alpha value is -1.20. The fraction of sp³-hybridized carbons (Fsp3) is 0.500. The molecule has 2 unspecified atom stereocenters. The van der Waals surface area contributed by atoms with Gasteiger partial charge < -0.3 is 9.88 Å². The van der Waals surface area contributed by atoms with Crippen molar-refractivity contribution < 1.29 is 0 Å². The molecule has 3 rings (SSSR count). The van der Waals surface area contributed by atoms with E-state index in [1.54, 1.807) is 11.3 Å². The van der Waals surface area contributed by atoms with E-state index < -0.39 is 0 Å². The first-order chi connectivity index (χ1) is 8.43. The van der Waals surface area contributed by atoms with E-state index in [4.69, 9.17) is 0 Å². The lowest BCUT2D eigenvalue weighted by Crippen LogP contribution is -2.33. The van der Waals surface area contributed by atoms with Crippen LogP contribution in [0.2, 0.25) is 0 Å². The first kappa shape index (κ1) is 10.9. The third-order valence-electron chi connectivity index (χ3n) is 3.39. The van der Waals surface area contributed by atoms with Crippen molar-refractivity contribution in [3.05, 3.63) is 35.3 Å². The lowest BCUT2D eigenvalue weighted by atomic mass is 10.1. The molecule has 0 bridgehead atoms. The van der Waals surface area contributed by atoms with Gasteiger partial charge in [0.25, 0.3) is 0 Å². The molecule has 90 valence electrons. The topological polar surface area (TPSA) is 42.7 Å². The Morgan fingerprint density at radius 2 is 2.41 bits per heavy atom. The molecular formula is C12H16N4S. The van der Waals surface area contributed by atoms with Crippen LogP contribution < -0.4 is 5.32 Å². The van der Waals surface area contributed by atoms with E-state index in [-0.39, 0.29) is 0 Å². The number of hydrogen-bond acceptors (Lipinski definition) is 4. The fourth-order valence-corrected chi connectivity index (χ4v) is 3.13. The molecule has 0 aliphatic heterocycles. The molecule has 5 heteroatoms. The van der Waals surface area contributed by atoms with Crippen molar-refractivity contribution in [2.75, 3.05) is 0 Å². The number of rotatable bonds is 4. The average Bonchev–Trinajstić information content (AvgIpc) is 3.09. The van der Waals surface area contributed by atoms with Gasteiger partial charge in [-0.25, -0.2) is 9.97 Å². The lowest BCUT2D eigenvalue weighted by Gasteiger charge is -2.21. The highest BCUT2D eigenvalue weighted by atomic mass is 32.1. The van der Waals surface area contributed by atoms with Gasteiger partial charge >= 0.3 is 0 Å². The zero-order valence-corrected chi connectivity index (χ0v) is 10.4. The van der Waals surface area contributed by atoms with Gasteiger partial charge in [-0.1, -0.05) is 0 Å². The molecule has 0 amide bonds. The maximum atomic E-state index is 4.30. The molecule has 1 fully saturated rings. The summed E-state index contributed by atoms with van der Waals surface area (Å²) in [6, 6.07) is 1.10. The summed E-state index contributed by atoms with van der Waals surface area (Å²) in [6.45, 7) is 0.882. The highest BCUT2D eigenvalue weighted by Gasteiger charge is 2.27. The SMILES string of the molecule is c1cn(C2CCCC2NCc2nccs2)cn1. The number of nitrogens with zero attached hydrogens (tertiary/aromatic N) is 3. The van der Waals surface area contributed by atoms with Gasteiger partial charge in [0.1, 0.15) is 5.01 Å². The number of nitrogens with one attached hydrogen (secondary N) is 1. The molecular weight excluding hydrogens is 232 g/mol. The normalized spacial score (nSPS) is 24.2. The summed E-state index contributed by atoms with van der Waals surface area (Å²) in [5.74, 6) is 0. The maximum absolute atomic E-state index is 4.30. The molecule has 17 heavy (non-hydrogen) atoms. The quantitative estimate of drug-likeness (QED) is 0.902. The summed E-state index contributed by atoms with van der Waals surface area (Å²) in [7, 11) is 0. The highest BCUT2D eigenvalue weighted by Crippen LogP contribution is 2.30. The van der Waals surface area contributed by atoms with Crippen LogP contribution in [0.4, 0.5) is 0 Å². The number of imidazole rings is 1. The van der Waals surface area contributed by atoms with Crippen LogP contribution in [-0.4, -0.2) is 20.6 Å². The minimum absolute atomic E-state index is 0.549. The van der Waals surface area contributed by atoms with Crippen LogP contribution in [0.15, 0.2) is 30.3 Å². The number of aromatic nitrogens is 3. The maximum Gasteiger partial charge on any atom is 0.106 e. The van der Waals surface area contributed by atoms with Crippen molar-refractivity contribution in [1.82, 2.24) is 19.9 Å². The molecule has 1 N–H and O–H groups in total. The molecule has 1 aliphatic carbocycles. The molecule has 2 heterocycles. The van der Waals surface area contributed by atoms with Gasteiger partial charge in [-0.15, -0.1) is 11.3 Å². The van der Waals surface area contributed by atoms with Crippen LogP contribution in [0.25, 0.3) is 0 Å². The minimum atomic E-state index is 0.549. The number of hydrogen-bond donors (Lipinski definition) is 1. The molecule has 1 saturated carbocycles. The van der Waals surface area contributed by atoms with Gasteiger partial charge in [-0.2, -0.15) is 0 Å². The van der Waals surface area contributed by atoms with Crippen molar-refractivity contribution in [3.8, 4) is 0 Å². The van der Waals surface area contributed by atoms with Gasteiger partial charge in [0, 0.05) is 42.6 Å². The van der Waals surface area contributed by atoms with Crippen molar-refractivity contribution in [2.45, 2.75) is 37.9 Å². The van der Waals surface area contributed by atoms with E-state index in [9.17, 15) is 0 Å². The first-order valence-electron chi connectivity index (χ1n) is 6.02. The van der Waals surface area contributed by atoms with Crippen LogP contribution in [0.5, 0.6) is 0 Å². The molecule has 2 aromatic rings. The van der Waals surface area contributed by atoms with E-state index in [0.717, 1.165) is 6.54 Å². The predicted molar refractivity (Wildman–Crippen MR) is 67.9 cm³/mol. The second kappa shape index (κ2) is 4.98. The Morgan fingerprint density at radius 3 is 3.18 bits per heavy atom. The Kier molecular flexibility index (Phi) is 3.20. The average molecular weight is 248 g/mol. The summed E-state index contributed by atoms with van der Waals surface area (Å²) in [5, 5.41) is 6.82. The fourth-order valence-electron chi connectivity index (χ4n) is 2.56. The summed E-state index contributed by atoms with van der Waals surface area (Å²) in [6.07, 6.45) is 11.5. The molecule has 1 aliphatic rings. The molecule has 4 nitrogen and oxygen atoms in total. The van der Waals surface area contributed by atoms with E-state index in [0.29, 0.717) is 12.1 Å². The third kappa shape index (κ3) is 2.40. The van der Waals surface area contributed by atoms with Crippen LogP contribution >= 0.6 is 11.3 Å². The highest BCUT2D eigenvalue weighted by molar-refractivity contribution is 7.09. The van der Waals surface area contributed by atoms with Crippen molar-refractivity contribution in [1.29, 1.82) is 0 Å². The van der Waals surface area contributed by atoms with Gasteiger partial charge in [-0.05, 0) is 19.3 Å². The number of thiazole rings is 1. The molecule has 0 radical (unpaired) electrons. The van der Waals surface area contributed by atoms with E-state index in [1.807, 2.05) is 24.1 Å². The monoisotopic (exact) mass is 248 g/mol. The van der Waals surface area contributed by atoms with Crippen LogP contribution in [-0.2, 0) is 6.54 Å². The smallest absolute Gasteiger partial charge is 0.106 e. The summed E-state index contributed by atoms with van der Waals surface area (Å²) in [4.78, 5) is 8.44. The van der Waals surface area contributed by atoms with Gasteiger partial charge in [0.2, 0.25) is 0 Å². The van der Waals surface area contributed by atoms with E-state index in [1.165, 1.54) is 24.3 Å². The van der Waals surface area contributed by atoms with Crippen LogP contribution in [0.1, 0.15) is 30.3 Å². The predicted octanol–water partition coefficient (Wildman–Crippen LogP) is 2.22. The van der Waals surface area contributed by atoms with Crippen molar-refractivity contribution in [3.63, 3.8) is 0 Å². The summed E-state index contributed by atoms with van der Waals surface area (Å²) < 4.78 is 2.23. The Bertz CT molecular complexity index is 437. The molecule has 2 aromatic heterocycles. The van der Waals surface area contributed by atoms with Crippen LogP contribution in [0.3, 0.4) is 0 Å². The standard InChI is InChI=1S/C12H16N4S/c1-2-10(15-8-12-14-5-7-17-12)11(3-1)16-6-4-13-9-16/h4-7,9-11,15H,1-3,8H2. The molecule has 0 saturated heterocycles. The van der Waals surface area contributed by atoms with Gasteiger partial charge in [0.05, 0.1) is 6.33 Å². The summed E-state index contributed by atoms with van der Waals surface area (Å²) >= 11 is 1.71. The van der Waals surface area contributed by atoms with E-state index in [2.05, 4.69) is 26.0 Å². The second-order valence-electron chi connectivity index (χ2n) is 4.42. The Labute approximate surface area is 105 Å². The second-order valence-corrected chi connectivity index (χ2v) is 5.40. The Balaban J connectivity index is 1.62. The largest absolute Gasteiger partial charge is 0.333 e. The lowest BCUT2D eigenvalue weighted by molar-refractivity contribution is 0.390. The zero-order valence-electron chi connectivity index (χ0n) is 9.62. The molecule has 0 spiro atoms. The zero-order chi connectivity index (χ0) is 11.5. The summed E-state index contributed by atoms with van der Waals surface area (Å²) in [5.41, 5.74) is 0. The van der Waals surface area contributed by atoms with Crippen LogP contribution in [0, 0.1) is 0 Å². The van der Waals surface area contributed by atoms with Crippen molar-refractivity contribution in [2.24, 2.45) is 0 Å².